The van der Waals surface area contributed by atoms with E-state index in [4.69, 9.17) is 10.2 Å². The fourth-order valence-electron chi connectivity index (χ4n) is 3.52. The Morgan fingerprint density at radius 1 is 1.18 bits per heavy atom. The molecule has 0 radical (unpaired) electrons. The highest BCUT2D eigenvalue weighted by Gasteiger charge is 2.25. The van der Waals surface area contributed by atoms with Gasteiger partial charge in [0.05, 0.1) is 6.26 Å². The standard InChI is InChI=1S/C19H20N2O/c1-21-11-16-8-13(10-20)2-4-17(16)18(12-21)14-3-5-19-15(9-14)6-7-22-19/h2-9,18H,10-12,20H2,1H3. The van der Waals surface area contributed by atoms with Crippen molar-refractivity contribution < 1.29 is 4.42 Å². The highest BCUT2D eigenvalue weighted by Crippen LogP contribution is 2.34. The van der Waals surface area contributed by atoms with Gasteiger partial charge in [-0.15, -0.1) is 0 Å². The average molecular weight is 292 g/mol. The fourth-order valence-corrected chi connectivity index (χ4v) is 3.52. The van der Waals surface area contributed by atoms with E-state index >= 15 is 0 Å². The Kier molecular flexibility index (Phi) is 3.25. The maximum atomic E-state index is 5.79. The van der Waals surface area contributed by atoms with Crippen molar-refractivity contribution in [2.45, 2.75) is 19.0 Å². The third-order valence-corrected chi connectivity index (χ3v) is 4.63. The molecule has 0 bridgehead atoms. The van der Waals surface area contributed by atoms with Gasteiger partial charge in [0.2, 0.25) is 0 Å². The number of nitrogens with zero attached hydrogens (tertiary/aromatic N) is 1. The fraction of sp³-hybridized carbons (Fsp3) is 0.263. The minimum atomic E-state index is 0.403. The van der Waals surface area contributed by atoms with Crippen LogP contribution in [0.1, 0.15) is 28.2 Å². The molecule has 0 spiro atoms. The molecular formula is C19H20N2O. The Morgan fingerprint density at radius 2 is 2.09 bits per heavy atom. The van der Waals surface area contributed by atoms with E-state index in [2.05, 4.69) is 48.3 Å². The van der Waals surface area contributed by atoms with Crippen molar-refractivity contribution in [3.63, 3.8) is 0 Å². The summed E-state index contributed by atoms with van der Waals surface area (Å²) in [6, 6.07) is 15.2. The predicted octanol–water partition coefficient (Wildman–Crippen LogP) is 3.47. The molecule has 1 unspecified atom stereocenters. The number of fused-ring (bicyclic) bond motifs is 2. The van der Waals surface area contributed by atoms with Gasteiger partial charge in [-0.3, -0.25) is 0 Å². The molecule has 4 rings (SSSR count). The van der Waals surface area contributed by atoms with Crippen LogP contribution in [0, 0.1) is 0 Å². The number of benzene rings is 2. The second-order valence-electron chi connectivity index (χ2n) is 6.20. The van der Waals surface area contributed by atoms with Gasteiger partial charge in [-0.2, -0.15) is 0 Å². The van der Waals surface area contributed by atoms with Crippen LogP contribution in [-0.4, -0.2) is 18.5 Å². The minimum absolute atomic E-state index is 0.403. The van der Waals surface area contributed by atoms with Crippen LogP contribution in [0.15, 0.2) is 53.1 Å². The molecule has 2 aromatic carbocycles. The summed E-state index contributed by atoms with van der Waals surface area (Å²) in [5, 5.41) is 1.17. The number of hydrogen-bond acceptors (Lipinski definition) is 3. The lowest BCUT2D eigenvalue weighted by Gasteiger charge is -2.33. The Morgan fingerprint density at radius 3 is 2.95 bits per heavy atom. The first-order valence-corrected chi connectivity index (χ1v) is 7.72. The van der Waals surface area contributed by atoms with Gasteiger partial charge in [0, 0.05) is 30.9 Å². The maximum absolute atomic E-state index is 5.79. The molecule has 1 atom stereocenters. The van der Waals surface area contributed by atoms with Crippen LogP contribution in [0.4, 0.5) is 0 Å². The molecule has 1 aromatic heterocycles. The molecule has 3 heteroatoms. The van der Waals surface area contributed by atoms with Gasteiger partial charge in [-0.25, -0.2) is 0 Å². The Labute approximate surface area is 130 Å². The van der Waals surface area contributed by atoms with Gasteiger partial charge in [-0.1, -0.05) is 24.3 Å². The molecule has 2 N–H and O–H groups in total. The number of furan rings is 1. The van der Waals surface area contributed by atoms with Crippen LogP contribution in [-0.2, 0) is 13.1 Å². The number of nitrogens with two attached hydrogens (primary N) is 1. The highest BCUT2D eigenvalue weighted by atomic mass is 16.3. The lowest BCUT2D eigenvalue weighted by Crippen LogP contribution is -2.31. The molecule has 0 saturated carbocycles. The summed E-state index contributed by atoms with van der Waals surface area (Å²) < 4.78 is 5.46. The summed E-state index contributed by atoms with van der Waals surface area (Å²) >= 11 is 0. The smallest absolute Gasteiger partial charge is 0.133 e. The molecule has 0 fully saturated rings. The van der Waals surface area contributed by atoms with Crippen molar-refractivity contribution in [1.82, 2.24) is 4.90 Å². The first kappa shape index (κ1) is 13.6. The molecule has 0 saturated heterocycles. The Balaban J connectivity index is 1.81. The Bertz CT molecular complexity index is 821. The summed E-state index contributed by atoms with van der Waals surface area (Å²) in [5.74, 6) is 0.403. The van der Waals surface area contributed by atoms with E-state index in [1.807, 2.05) is 6.07 Å². The molecule has 1 aliphatic heterocycles. The number of hydrogen-bond donors (Lipinski definition) is 1. The third-order valence-electron chi connectivity index (χ3n) is 4.63. The Hall–Kier alpha value is -2.10. The first-order chi connectivity index (χ1) is 10.7. The van der Waals surface area contributed by atoms with Crippen molar-refractivity contribution in [3.05, 3.63) is 71.0 Å². The molecule has 3 aromatic rings. The van der Waals surface area contributed by atoms with Crippen LogP contribution in [0.3, 0.4) is 0 Å². The highest BCUT2D eigenvalue weighted by molar-refractivity contribution is 5.78. The van der Waals surface area contributed by atoms with Crippen LogP contribution < -0.4 is 5.73 Å². The lowest BCUT2D eigenvalue weighted by atomic mass is 9.84. The summed E-state index contributed by atoms with van der Waals surface area (Å²) in [6.45, 7) is 2.63. The van der Waals surface area contributed by atoms with Crippen LogP contribution in [0.25, 0.3) is 11.0 Å². The van der Waals surface area contributed by atoms with Crippen LogP contribution >= 0.6 is 0 Å². The number of rotatable bonds is 2. The molecule has 1 aliphatic rings. The van der Waals surface area contributed by atoms with E-state index in [0.717, 1.165) is 18.7 Å². The molecule has 2 heterocycles. The van der Waals surface area contributed by atoms with Crippen LogP contribution in [0.5, 0.6) is 0 Å². The second kappa shape index (κ2) is 5.27. The molecule has 22 heavy (non-hydrogen) atoms. The third kappa shape index (κ3) is 2.23. The van der Waals surface area contributed by atoms with E-state index in [9.17, 15) is 0 Å². The first-order valence-electron chi connectivity index (χ1n) is 7.72. The van der Waals surface area contributed by atoms with E-state index in [1.54, 1.807) is 6.26 Å². The number of likely N-dealkylation sites (N-methyl/N-ethyl adjacent to an activating group) is 1. The SMILES string of the molecule is CN1Cc2cc(CN)ccc2C(c2ccc3occc3c2)C1. The van der Waals surface area contributed by atoms with Crippen molar-refractivity contribution in [3.8, 4) is 0 Å². The second-order valence-corrected chi connectivity index (χ2v) is 6.20. The van der Waals surface area contributed by atoms with Crippen molar-refractivity contribution >= 4 is 11.0 Å². The van der Waals surface area contributed by atoms with E-state index in [-0.39, 0.29) is 0 Å². The lowest BCUT2D eigenvalue weighted by molar-refractivity contribution is 0.295. The van der Waals surface area contributed by atoms with Gasteiger partial charge in [0.25, 0.3) is 0 Å². The molecule has 0 amide bonds. The predicted molar refractivity (Wildman–Crippen MR) is 88.7 cm³/mol. The zero-order valence-electron chi connectivity index (χ0n) is 12.8. The summed E-state index contributed by atoms with van der Waals surface area (Å²) in [6.07, 6.45) is 1.75. The molecule has 112 valence electrons. The van der Waals surface area contributed by atoms with E-state index in [0.29, 0.717) is 12.5 Å². The molecule has 3 nitrogen and oxygen atoms in total. The monoisotopic (exact) mass is 292 g/mol. The average Bonchev–Trinajstić information content (AvgIpc) is 3.00. The normalized spacial score (nSPS) is 18.5. The zero-order valence-corrected chi connectivity index (χ0v) is 12.8. The largest absolute Gasteiger partial charge is 0.464 e. The van der Waals surface area contributed by atoms with Gasteiger partial charge in [0.1, 0.15) is 5.58 Å². The van der Waals surface area contributed by atoms with Crippen molar-refractivity contribution in [2.75, 3.05) is 13.6 Å². The summed E-state index contributed by atoms with van der Waals surface area (Å²) in [4.78, 5) is 2.38. The molecular weight excluding hydrogens is 272 g/mol. The van der Waals surface area contributed by atoms with Crippen molar-refractivity contribution in [1.29, 1.82) is 0 Å². The maximum Gasteiger partial charge on any atom is 0.133 e. The topological polar surface area (TPSA) is 42.4 Å². The molecule has 0 aliphatic carbocycles. The van der Waals surface area contributed by atoms with E-state index < -0.39 is 0 Å². The van der Waals surface area contributed by atoms with Crippen LogP contribution in [0.2, 0.25) is 0 Å². The summed E-state index contributed by atoms with van der Waals surface area (Å²) in [5.41, 5.74) is 12.1. The summed E-state index contributed by atoms with van der Waals surface area (Å²) in [7, 11) is 2.18. The zero-order chi connectivity index (χ0) is 15.1. The van der Waals surface area contributed by atoms with Gasteiger partial charge in [0.15, 0.2) is 0 Å². The van der Waals surface area contributed by atoms with Crippen molar-refractivity contribution in [2.24, 2.45) is 5.73 Å². The van der Waals surface area contributed by atoms with Gasteiger partial charge in [-0.05, 0) is 47.5 Å². The van der Waals surface area contributed by atoms with Gasteiger partial charge < -0.3 is 15.1 Å². The van der Waals surface area contributed by atoms with E-state index in [1.165, 1.54) is 27.6 Å². The van der Waals surface area contributed by atoms with Gasteiger partial charge >= 0.3 is 0 Å². The quantitative estimate of drug-likeness (QED) is 0.786. The minimum Gasteiger partial charge on any atom is -0.464 e.